The van der Waals surface area contributed by atoms with E-state index in [9.17, 15) is 0 Å². The van der Waals surface area contributed by atoms with Crippen LogP contribution in [0.3, 0.4) is 0 Å². The normalized spacial score (nSPS) is 12.0. The van der Waals surface area contributed by atoms with Crippen molar-refractivity contribution in [1.82, 2.24) is 0 Å². The molecule has 1 unspecified atom stereocenters. The fraction of sp³-hybridized carbons (Fsp3) is 0.294. The molecule has 2 N–H and O–H groups in total. The lowest BCUT2D eigenvalue weighted by atomic mass is 9.96. The topological polar surface area (TPSA) is 44.5 Å². The maximum absolute atomic E-state index is 6.43. The van der Waals surface area contributed by atoms with Crippen molar-refractivity contribution in [1.29, 1.82) is 0 Å². The number of hydrogen-bond donors (Lipinski definition) is 1. The number of rotatable bonds is 5. The highest BCUT2D eigenvalue weighted by molar-refractivity contribution is 5.50. The van der Waals surface area contributed by atoms with Crippen molar-refractivity contribution in [3.8, 4) is 11.5 Å². The summed E-state index contributed by atoms with van der Waals surface area (Å²) in [6.45, 7) is 2.13. The Hall–Kier alpha value is -2.00. The molecule has 0 fully saturated rings. The van der Waals surface area contributed by atoms with Crippen LogP contribution in [-0.4, -0.2) is 14.2 Å². The lowest BCUT2D eigenvalue weighted by Gasteiger charge is -2.19. The molecule has 0 radical (unpaired) electrons. The molecule has 0 saturated carbocycles. The third-order valence-corrected chi connectivity index (χ3v) is 3.50. The summed E-state index contributed by atoms with van der Waals surface area (Å²) in [6.07, 6.45) is 0.990. The Balaban J connectivity index is 2.49. The predicted octanol–water partition coefficient (Wildman–Crippen LogP) is 3.31. The molecule has 2 rings (SSSR count). The van der Waals surface area contributed by atoms with Crippen molar-refractivity contribution in [2.75, 3.05) is 14.2 Å². The molecule has 0 saturated heterocycles. The molecule has 0 spiro atoms. The van der Waals surface area contributed by atoms with Gasteiger partial charge in [-0.3, -0.25) is 0 Å². The molecule has 0 aliphatic carbocycles. The van der Waals surface area contributed by atoms with Crippen LogP contribution in [0.4, 0.5) is 0 Å². The van der Waals surface area contributed by atoms with Crippen LogP contribution in [-0.2, 0) is 6.42 Å². The first-order valence-electron chi connectivity index (χ1n) is 6.76. The first-order valence-corrected chi connectivity index (χ1v) is 6.76. The number of nitrogens with two attached hydrogens (primary N) is 1. The molecule has 3 nitrogen and oxygen atoms in total. The Morgan fingerprint density at radius 3 is 2.15 bits per heavy atom. The Kier molecular flexibility index (Phi) is 4.64. The van der Waals surface area contributed by atoms with Crippen molar-refractivity contribution < 1.29 is 9.47 Å². The van der Waals surface area contributed by atoms with Gasteiger partial charge < -0.3 is 15.2 Å². The summed E-state index contributed by atoms with van der Waals surface area (Å²) >= 11 is 0. The molecule has 0 aliphatic rings. The van der Waals surface area contributed by atoms with Crippen molar-refractivity contribution in [2.24, 2.45) is 5.73 Å². The number of aryl methyl sites for hydroxylation is 1. The van der Waals surface area contributed by atoms with Gasteiger partial charge in [-0.15, -0.1) is 0 Å². The summed E-state index contributed by atoms with van der Waals surface area (Å²) in [5.74, 6) is 1.50. The standard InChI is InChI=1S/C17H21NO2/c1-4-12-7-5-8-13(11-12)17(18)16-14(19-2)9-6-10-15(16)20-3/h5-11,17H,4,18H2,1-3H3. The summed E-state index contributed by atoms with van der Waals surface area (Å²) in [5.41, 5.74) is 9.65. The highest BCUT2D eigenvalue weighted by Gasteiger charge is 2.19. The van der Waals surface area contributed by atoms with Crippen molar-refractivity contribution in [2.45, 2.75) is 19.4 Å². The summed E-state index contributed by atoms with van der Waals surface area (Å²) in [5, 5.41) is 0. The average molecular weight is 271 g/mol. The average Bonchev–Trinajstić information content (AvgIpc) is 2.53. The summed E-state index contributed by atoms with van der Waals surface area (Å²) in [7, 11) is 3.29. The third-order valence-electron chi connectivity index (χ3n) is 3.50. The van der Waals surface area contributed by atoms with E-state index in [4.69, 9.17) is 15.2 Å². The van der Waals surface area contributed by atoms with E-state index in [2.05, 4.69) is 19.1 Å². The summed E-state index contributed by atoms with van der Waals surface area (Å²) < 4.78 is 10.9. The fourth-order valence-electron chi connectivity index (χ4n) is 2.36. The highest BCUT2D eigenvalue weighted by atomic mass is 16.5. The van der Waals surface area contributed by atoms with Crippen LogP contribution in [0.5, 0.6) is 11.5 Å². The first kappa shape index (κ1) is 14.4. The van der Waals surface area contributed by atoms with E-state index in [-0.39, 0.29) is 6.04 Å². The van der Waals surface area contributed by atoms with Gasteiger partial charge in [0.05, 0.1) is 25.8 Å². The zero-order valence-corrected chi connectivity index (χ0v) is 12.2. The van der Waals surface area contributed by atoms with Gasteiger partial charge in [0.1, 0.15) is 11.5 Å². The minimum absolute atomic E-state index is 0.271. The van der Waals surface area contributed by atoms with Crippen LogP contribution < -0.4 is 15.2 Å². The van der Waals surface area contributed by atoms with Gasteiger partial charge in [-0.2, -0.15) is 0 Å². The molecule has 20 heavy (non-hydrogen) atoms. The highest BCUT2D eigenvalue weighted by Crippen LogP contribution is 2.36. The third kappa shape index (κ3) is 2.78. The zero-order chi connectivity index (χ0) is 14.5. The number of hydrogen-bond acceptors (Lipinski definition) is 3. The van der Waals surface area contributed by atoms with Gasteiger partial charge in [0, 0.05) is 0 Å². The second-order valence-corrected chi connectivity index (χ2v) is 4.65. The number of ether oxygens (including phenoxy) is 2. The second kappa shape index (κ2) is 6.44. The fourth-order valence-corrected chi connectivity index (χ4v) is 2.36. The van der Waals surface area contributed by atoms with Crippen LogP contribution in [0.15, 0.2) is 42.5 Å². The van der Waals surface area contributed by atoms with Crippen LogP contribution >= 0.6 is 0 Å². The van der Waals surface area contributed by atoms with Gasteiger partial charge in [0.2, 0.25) is 0 Å². The lowest BCUT2D eigenvalue weighted by molar-refractivity contribution is 0.382. The van der Waals surface area contributed by atoms with Gasteiger partial charge in [0.15, 0.2) is 0 Å². The van der Waals surface area contributed by atoms with Crippen molar-refractivity contribution in [3.05, 3.63) is 59.2 Å². The predicted molar refractivity (Wildman–Crippen MR) is 81.4 cm³/mol. The zero-order valence-electron chi connectivity index (χ0n) is 12.2. The van der Waals surface area contributed by atoms with E-state index in [1.807, 2.05) is 30.3 Å². The van der Waals surface area contributed by atoms with Gasteiger partial charge in [-0.25, -0.2) is 0 Å². The first-order chi connectivity index (χ1) is 9.71. The molecule has 106 valence electrons. The van der Waals surface area contributed by atoms with E-state index in [0.717, 1.165) is 29.0 Å². The van der Waals surface area contributed by atoms with Gasteiger partial charge in [-0.1, -0.05) is 37.3 Å². The largest absolute Gasteiger partial charge is 0.496 e. The molecular formula is C17H21NO2. The lowest BCUT2D eigenvalue weighted by Crippen LogP contribution is -2.14. The van der Waals surface area contributed by atoms with Crippen LogP contribution in [0, 0.1) is 0 Å². The maximum atomic E-state index is 6.43. The Morgan fingerprint density at radius 2 is 1.60 bits per heavy atom. The molecule has 2 aromatic rings. The Bertz CT molecular complexity index is 559. The smallest absolute Gasteiger partial charge is 0.127 e. The van der Waals surface area contributed by atoms with Gasteiger partial charge >= 0.3 is 0 Å². The molecule has 1 atom stereocenters. The molecule has 2 aromatic carbocycles. The van der Waals surface area contributed by atoms with Crippen molar-refractivity contribution in [3.63, 3.8) is 0 Å². The van der Waals surface area contributed by atoms with E-state index in [1.54, 1.807) is 14.2 Å². The summed E-state index contributed by atoms with van der Waals surface area (Å²) in [6, 6.07) is 13.8. The van der Waals surface area contributed by atoms with Crippen LogP contribution in [0.1, 0.15) is 29.7 Å². The molecular weight excluding hydrogens is 250 g/mol. The summed E-state index contributed by atoms with van der Waals surface area (Å²) in [4.78, 5) is 0. The van der Waals surface area contributed by atoms with Crippen LogP contribution in [0.2, 0.25) is 0 Å². The number of methoxy groups -OCH3 is 2. The second-order valence-electron chi connectivity index (χ2n) is 4.65. The Labute approximate surface area is 120 Å². The quantitative estimate of drug-likeness (QED) is 0.907. The Morgan fingerprint density at radius 1 is 1.00 bits per heavy atom. The van der Waals surface area contributed by atoms with Crippen molar-refractivity contribution >= 4 is 0 Å². The minimum atomic E-state index is -0.271. The van der Waals surface area contributed by atoms with E-state index < -0.39 is 0 Å². The van der Waals surface area contributed by atoms with E-state index >= 15 is 0 Å². The van der Waals surface area contributed by atoms with E-state index in [1.165, 1.54) is 5.56 Å². The molecule has 0 aromatic heterocycles. The molecule has 0 aliphatic heterocycles. The molecule has 3 heteroatoms. The van der Waals surface area contributed by atoms with Gasteiger partial charge in [-0.05, 0) is 29.7 Å². The SMILES string of the molecule is CCc1cccc(C(N)c2c(OC)cccc2OC)c1. The molecule has 0 amide bonds. The molecule has 0 bridgehead atoms. The van der Waals surface area contributed by atoms with Gasteiger partial charge in [0.25, 0.3) is 0 Å². The monoisotopic (exact) mass is 271 g/mol. The van der Waals surface area contributed by atoms with E-state index in [0.29, 0.717) is 0 Å². The number of benzene rings is 2. The molecule has 0 heterocycles. The maximum Gasteiger partial charge on any atom is 0.127 e. The minimum Gasteiger partial charge on any atom is -0.496 e. The van der Waals surface area contributed by atoms with Crippen LogP contribution in [0.25, 0.3) is 0 Å².